The summed E-state index contributed by atoms with van der Waals surface area (Å²) in [4.78, 5) is 1.99. The molecule has 0 amide bonds. The second-order valence-corrected chi connectivity index (χ2v) is 8.05. The van der Waals surface area contributed by atoms with E-state index in [0.717, 1.165) is 25.0 Å². The quantitative estimate of drug-likeness (QED) is 0.764. The van der Waals surface area contributed by atoms with Crippen molar-refractivity contribution in [3.05, 3.63) is 23.7 Å². The SMILES string of the molecule is Cc1ccc(CN(CCN(C)C)S(=O)(=O)N2CCCCC2)o1. The summed E-state index contributed by atoms with van der Waals surface area (Å²) in [5.41, 5.74) is 0. The highest BCUT2D eigenvalue weighted by molar-refractivity contribution is 7.86. The third-order valence-electron chi connectivity index (χ3n) is 3.89. The van der Waals surface area contributed by atoms with Crippen LogP contribution in [0.1, 0.15) is 30.8 Å². The number of nitrogens with zero attached hydrogens (tertiary/aromatic N) is 3. The topological polar surface area (TPSA) is 57.0 Å². The van der Waals surface area contributed by atoms with Crippen LogP contribution in [0.5, 0.6) is 0 Å². The molecule has 0 aliphatic carbocycles. The predicted molar refractivity (Wildman–Crippen MR) is 86.8 cm³/mol. The van der Waals surface area contributed by atoms with Gasteiger partial charge in [-0.3, -0.25) is 0 Å². The Bertz CT molecular complexity index is 562. The van der Waals surface area contributed by atoms with Crippen molar-refractivity contribution in [1.29, 1.82) is 0 Å². The lowest BCUT2D eigenvalue weighted by atomic mass is 10.2. The van der Waals surface area contributed by atoms with Gasteiger partial charge in [-0.2, -0.15) is 17.0 Å². The smallest absolute Gasteiger partial charge is 0.282 e. The Morgan fingerprint density at radius 3 is 2.36 bits per heavy atom. The average Bonchev–Trinajstić information content (AvgIpc) is 2.89. The van der Waals surface area contributed by atoms with Crippen LogP contribution in [0.2, 0.25) is 0 Å². The molecule has 0 atom stereocenters. The third-order valence-corrected chi connectivity index (χ3v) is 5.87. The van der Waals surface area contributed by atoms with Gasteiger partial charge in [0.25, 0.3) is 10.2 Å². The molecule has 0 unspecified atom stereocenters. The van der Waals surface area contributed by atoms with Gasteiger partial charge in [-0.05, 0) is 46.0 Å². The van der Waals surface area contributed by atoms with Gasteiger partial charge < -0.3 is 9.32 Å². The minimum Gasteiger partial charge on any atom is -0.465 e. The van der Waals surface area contributed by atoms with Crippen molar-refractivity contribution in [3.8, 4) is 0 Å². The third kappa shape index (κ3) is 4.55. The van der Waals surface area contributed by atoms with Crippen LogP contribution in [0.3, 0.4) is 0 Å². The molecule has 1 fully saturated rings. The summed E-state index contributed by atoms with van der Waals surface area (Å²) in [6.45, 7) is 4.56. The monoisotopic (exact) mass is 329 g/mol. The Hall–Kier alpha value is -0.890. The van der Waals surface area contributed by atoms with Gasteiger partial charge in [0, 0.05) is 26.2 Å². The molecule has 6 nitrogen and oxygen atoms in total. The molecule has 22 heavy (non-hydrogen) atoms. The molecule has 0 radical (unpaired) electrons. The maximum absolute atomic E-state index is 12.9. The first-order chi connectivity index (χ1) is 10.4. The van der Waals surface area contributed by atoms with Gasteiger partial charge in [0.05, 0.1) is 6.54 Å². The molecular formula is C15H27N3O3S. The Morgan fingerprint density at radius 1 is 1.14 bits per heavy atom. The molecule has 7 heteroatoms. The summed E-state index contributed by atoms with van der Waals surface area (Å²) in [7, 11) is 0.466. The zero-order valence-corrected chi connectivity index (χ0v) is 14.6. The van der Waals surface area contributed by atoms with Gasteiger partial charge in [-0.15, -0.1) is 0 Å². The van der Waals surface area contributed by atoms with Crippen molar-refractivity contribution in [2.75, 3.05) is 40.3 Å². The molecule has 2 heterocycles. The van der Waals surface area contributed by atoms with E-state index in [0.29, 0.717) is 38.5 Å². The average molecular weight is 329 g/mol. The van der Waals surface area contributed by atoms with E-state index in [2.05, 4.69) is 0 Å². The molecule has 1 saturated heterocycles. The van der Waals surface area contributed by atoms with E-state index in [4.69, 9.17) is 4.42 Å². The molecule has 1 aliphatic heterocycles. The van der Waals surface area contributed by atoms with E-state index in [1.54, 1.807) is 4.31 Å². The molecule has 0 N–H and O–H groups in total. The number of furan rings is 1. The van der Waals surface area contributed by atoms with Crippen LogP contribution in [0.4, 0.5) is 0 Å². The van der Waals surface area contributed by atoms with Gasteiger partial charge in [0.15, 0.2) is 0 Å². The second kappa shape index (κ2) is 7.59. The molecule has 1 aliphatic rings. The van der Waals surface area contributed by atoms with Crippen molar-refractivity contribution in [1.82, 2.24) is 13.5 Å². The standard InChI is InChI=1S/C15H27N3O3S/c1-14-7-8-15(21-14)13-18(12-11-16(2)3)22(19,20)17-9-5-4-6-10-17/h7-8H,4-6,9-13H2,1-3H3. The Labute approximate surface area is 133 Å². The largest absolute Gasteiger partial charge is 0.465 e. The lowest BCUT2D eigenvalue weighted by molar-refractivity contribution is 0.270. The first-order valence-electron chi connectivity index (χ1n) is 7.85. The van der Waals surface area contributed by atoms with E-state index >= 15 is 0 Å². The summed E-state index contributed by atoms with van der Waals surface area (Å²) >= 11 is 0. The number of hydrogen-bond acceptors (Lipinski definition) is 4. The fraction of sp³-hybridized carbons (Fsp3) is 0.733. The summed E-state index contributed by atoms with van der Waals surface area (Å²) in [6.07, 6.45) is 3.00. The molecule has 1 aromatic rings. The van der Waals surface area contributed by atoms with Gasteiger partial charge >= 0.3 is 0 Å². The summed E-state index contributed by atoms with van der Waals surface area (Å²) < 4.78 is 34.5. The van der Waals surface area contributed by atoms with E-state index in [-0.39, 0.29) is 0 Å². The molecule has 126 valence electrons. The number of aryl methyl sites for hydroxylation is 1. The minimum atomic E-state index is -3.43. The minimum absolute atomic E-state index is 0.292. The highest BCUT2D eigenvalue weighted by Crippen LogP contribution is 2.19. The Kier molecular flexibility index (Phi) is 6.02. The normalized spacial score (nSPS) is 17.5. The maximum Gasteiger partial charge on any atom is 0.282 e. The lowest BCUT2D eigenvalue weighted by Crippen LogP contribution is -2.47. The molecule has 0 aromatic carbocycles. The van der Waals surface area contributed by atoms with Gasteiger partial charge in [0.1, 0.15) is 11.5 Å². The van der Waals surface area contributed by atoms with E-state index in [1.807, 2.05) is 38.1 Å². The van der Waals surface area contributed by atoms with Crippen LogP contribution in [-0.4, -0.2) is 62.2 Å². The van der Waals surface area contributed by atoms with Crippen LogP contribution < -0.4 is 0 Å². The zero-order chi connectivity index (χ0) is 16.2. The lowest BCUT2D eigenvalue weighted by Gasteiger charge is -2.32. The number of hydrogen-bond donors (Lipinski definition) is 0. The number of rotatable bonds is 7. The molecular weight excluding hydrogens is 302 g/mol. The number of likely N-dealkylation sites (N-methyl/N-ethyl adjacent to an activating group) is 1. The van der Waals surface area contributed by atoms with Crippen LogP contribution in [0.15, 0.2) is 16.5 Å². The highest BCUT2D eigenvalue weighted by Gasteiger charge is 2.31. The van der Waals surface area contributed by atoms with E-state index < -0.39 is 10.2 Å². The zero-order valence-electron chi connectivity index (χ0n) is 13.8. The summed E-state index contributed by atoms with van der Waals surface area (Å²) in [5.74, 6) is 1.50. The molecule has 1 aromatic heterocycles. The van der Waals surface area contributed by atoms with Crippen LogP contribution in [0, 0.1) is 6.92 Å². The van der Waals surface area contributed by atoms with E-state index in [9.17, 15) is 8.42 Å². The van der Waals surface area contributed by atoms with Gasteiger partial charge in [0.2, 0.25) is 0 Å². The van der Waals surface area contributed by atoms with Crippen molar-refractivity contribution in [2.24, 2.45) is 0 Å². The summed E-state index contributed by atoms with van der Waals surface area (Å²) in [6, 6.07) is 3.72. The fourth-order valence-corrected chi connectivity index (χ4v) is 4.24. The first kappa shape index (κ1) is 17.5. The van der Waals surface area contributed by atoms with Crippen molar-refractivity contribution in [2.45, 2.75) is 32.7 Å². The Balaban J connectivity index is 2.14. The molecule has 0 bridgehead atoms. The summed E-state index contributed by atoms with van der Waals surface area (Å²) in [5, 5.41) is 0. The second-order valence-electron chi connectivity index (χ2n) is 6.12. The van der Waals surface area contributed by atoms with Crippen molar-refractivity contribution >= 4 is 10.2 Å². The number of piperidine rings is 1. The Morgan fingerprint density at radius 2 is 1.82 bits per heavy atom. The van der Waals surface area contributed by atoms with Crippen LogP contribution >= 0.6 is 0 Å². The molecule has 0 spiro atoms. The van der Waals surface area contributed by atoms with Crippen LogP contribution in [-0.2, 0) is 16.8 Å². The molecule has 0 saturated carbocycles. The first-order valence-corrected chi connectivity index (χ1v) is 9.24. The highest BCUT2D eigenvalue weighted by atomic mass is 32.2. The molecule has 2 rings (SSSR count). The maximum atomic E-state index is 12.9. The van der Waals surface area contributed by atoms with Gasteiger partial charge in [-0.1, -0.05) is 6.42 Å². The van der Waals surface area contributed by atoms with Crippen molar-refractivity contribution in [3.63, 3.8) is 0 Å². The van der Waals surface area contributed by atoms with Gasteiger partial charge in [-0.25, -0.2) is 0 Å². The fourth-order valence-electron chi connectivity index (χ4n) is 2.59. The predicted octanol–water partition coefficient (Wildman–Crippen LogP) is 1.68. The van der Waals surface area contributed by atoms with E-state index in [1.165, 1.54) is 4.31 Å². The van der Waals surface area contributed by atoms with Crippen LogP contribution in [0.25, 0.3) is 0 Å². The van der Waals surface area contributed by atoms with Crippen molar-refractivity contribution < 1.29 is 12.8 Å².